The zero-order valence-corrected chi connectivity index (χ0v) is 11.4. The molecule has 0 bridgehead atoms. The van der Waals surface area contributed by atoms with E-state index in [-0.39, 0.29) is 0 Å². The van der Waals surface area contributed by atoms with Crippen LogP contribution >= 0.6 is 0 Å². The molecule has 2 nitrogen and oxygen atoms in total. The molecule has 0 radical (unpaired) electrons. The lowest BCUT2D eigenvalue weighted by Crippen LogP contribution is -1.98. The summed E-state index contributed by atoms with van der Waals surface area (Å²) in [5, 5.41) is 0. The van der Waals surface area contributed by atoms with Crippen LogP contribution in [0.5, 0.6) is 5.75 Å². The van der Waals surface area contributed by atoms with Crippen LogP contribution in [0, 0.1) is 0 Å². The third-order valence-electron chi connectivity index (χ3n) is 3.11. The Kier molecular flexibility index (Phi) is 9.27. The van der Waals surface area contributed by atoms with Crippen LogP contribution in [0.25, 0.3) is 0 Å². The number of hydrogen-bond acceptors (Lipinski definition) is 2. The van der Waals surface area contributed by atoms with Gasteiger partial charge in [-0.05, 0) is 31.5 Å². The van der Waals surface area contributed by atoms with E-state index in [2.05, 4.69) is 0 Å². The van der Waals surface area contributed by atoms with Gasteiger partial charge in [0, 0.05) is 0 Å². The van der Waals surface area contributed by atoms with Crippen LogP contribution in [0.3, 0.4) is 0 Å². The molecule has 0 amide bonds. The minimum Gasteiger partial charge on any atom is -0.494 e. The lowest BCUT2D eigenvalue weighted by molar-refractivity contribution is 0.304. The first kappa shape index (κ1) is 15.0. The number of hydrogen-bond donors (Lipinski definition) is 1. The summed E-state index contributed by atoms with van der Waals surface area (Å²) >= 11 is 0. The molecule has 102 valence electrons. The molecular formula is C16H27NO. The minimum absolute atomic E-state index is 0.844. The first-order valence-electron chi connectivity index (χ1n) is 7.31. The summed E-state index contributed by atoms with van der Waals surface area (Å²) in [7, 11) is 0. The number of unbranched alkanes of at least 4 members (excludes halogenated alkanes) is 7. The first-order chi connectivity index (χ1) is 8.93. The van der Waals surface area contributed by atoms with E-state index >= 15 is 0 Å². The van der Waals surface area contributed by atoms with Gasteiger partial charge in [0.05, 0.1) is 6.61 Å². The monoisotopic (exact) mass is 249 g/mol. The van der Waals surface area contributed by atoms with Gasteiger partial charge in [-0.2, -0.15) is 0 Å². The van der Waals surface area contributed by atoms with Crippen molar-refractivity contribution in [1.82, 2.24) is 0 Å². The molecule has 0 saturated heterocycles. The largest absolute Gasteiger partial charge is 0.494 e. The summed E-state index contributed by atoms with van der Waals surface area (Å²) in [6.07, 6.45) is 10.3. The van der Waals surface area contributed by atoms with E-state index in [4.69, 9.17) is 10.5 Å². The van der Waals surface area contributed by atoms with E-state index in [9.17, 15) is 0 Å². The Balaban J connectivity index is 1.82. The molecule has 1 rings (SSSR count). The molecule has 0 heterocycles. The molecule has 0 aliphatic carbocycles. The van der Waals surface area contributed by atoms with Crippen molar-refractivity contribution in [2.75, 3.05) is 13.2 Å². The summed E-state index contributed by atoms with van der Waals surface area (Å²) < 4.78 is 5.65. The fourth-order valence-electron chi connectivity index (χ4n) is 2.01. The van der Waals surface area contributed by atoms with Crippen LogP contribution in [-0.4, -0.2) is 13.2 Å². The van der Waals surface area contributed by atoms with Crippen LogP contribution in [0.2, 0.25) is 0 Å². The molecule has 0 aromatic heterocycles. The second-order valence-corrected chi connectivity index (χ2v) is 4.78. The number of rotatable bonds is 11. The highest BCUT2D eigenvalue weighted by Crippen LogP contribution is 2.11. The van der Waals surface area contributed by atoms with Crippen molar-refractivity contribution < 1.29 is 4.74 Å². The zero-order chi connectivity index (χ0) is 12.9. The Morgan fingerprint density at radius 3 is 1.89 bits per heavy atom. The topological polar surface area (TPSA) is 35.2 Å². The van der Waals surface area contributed by atoms with E-state index < -0.39 is 0 Å². The van der Waals surface area contributed by atoms with E-state index in [0.29, 0.717) is 0 Å². The van der Waals surface area contributed by atoms with E-state index in [1.807, 2.05) is 30.3 Å². The molecule has 2 heteroatoms. The van der Waals surface area contributed by atoms with Gasteiger partial charge in [-0.3, -0.25) is 0 Å². The molecule has 0 saturated carbocycles. The van der Waals surface area contributed by atoms with E-state index in [1.165, 1.54) is 44.9 Å². The maximum Gasteiger partial charge on any atom is 0.119 e. The first-order valence-corrected chi connectivity index (χ1v) is 7.31. The summed E-state index contributed by atoms with van der Waals surface area (Å²) in [6, 6.07) is 10.1. The fourth-order valence-corrected chi connectivity index (χ4v) is 2.01. The third kappa shape index (κ3) is 8.13. The maximum absolute atomic E-state index is 5.65. The van der Waals surface area contributed by atoms with Gasteiger partial charge in [0.2, 0.25) is 0 Å². The van der Waals surface area contributed by atoms with Crippen LogP contribution < -0.4 is 10.5 Å². The van der Waals surface area contributed by atoms with Gasteiger partial charge < -0.3 is 10.5 Å². The highest BCUT2D eigenvalue weighted by atomic mass is 16.5. The summed E-state index contributed by atoms with van der Waals surface area (Å²) in [5.41, 5.74) is 5.46. The average molecular weight is 249 g/mol. The van der Waals surface area contributed by atoms with Gasteiger partial charge in [0.1, 0.15) is 5.75 Å². The van der Waals surface area contributed by atoms with E-state index in [1.54, 1.807) is 0 Å². The maximum atomic E-state index is 5.65. The standard InChI is InChI=1S/C16H27NO/c17-14-10-5-3-1-2-4-6-11-15-18-16-12-8-7-9-13-16/h7-9,12-13H,1-6,10-11,14-15,17H2. The van der Waals surface area contributed by atoms with Crippen LogP contribution in [0.1, 0.15) is 51.4 Å². The van der Waals surface area contributed by atoms with Crippen molar-refractivity contribution in [3.05, 3.63) is 30.3 Å². The molecule has 0 unspecified atom stereocenters. The summed E-state index contributed by atoms with van der Waals surface area (Å²) in [4.78, 5) is 0. The Morgan fingerprint density at radius 2 is 1.28 bits per heavy atom. The van der Waals surface area contributed by atoms with Crippen molar-refractivity contribution in [2.45, 2.75) is 51.4 Å². The van der Waals surface area contributed by atoms with Gasteiger partial charge in [0.25, 0.3) is 0 Å². The summed E-state index contributed by atoms with van der Waals surface area (Å²) in [5.74, 6) is 0.985. The average Bonchev–Trinajstić information content (AvgIpc) is 2.42. The van der Waals surface area contributed by atoms with Crippen LogP contribution in [0.15, 0.2) is 30.3 Å². The summed E-state index contributed by atoms with van der Waals surface area (Å²) in [6.45, 7) is 1.69. The van der Waals surface area contributed by atoms with Gasteiger partial charge in [0.15, 0.2) is 0 Å². The lowest BCUT2D eigenvalue weighted by atomic mass is 10.1. The highest BCUT2D eigenvalue weighted by molar-refractivity contribution is 5.20. The molecule has 2 N–H and O–H groups in total. The normalized spacial score (nSPS) is 10.5. The Labute approximate surface area is 112 Å². The molecule has 0 atom stereocenters. The van der Waals surface area contributed by atoms with E-state index in [0.717, 1.165) is 25.3 Å². The SMILES string of the molecule is NCCCCCCCCCCOc1ccccc1. The minimum atomic E-state index is 0.844. The van der Waals surface area contributed by atoms with Gasteiger partial charge in [-0.1, -0.05) is 56.7 Å². The third-order valence-corrected chi connectivity index (χ3v) is 3.11. The van der Waals surface area contributed by atoms with Crippen molar-refractivity contribution >= 4 is 0 Å². The van der Waals surface area contributed by atoms with Gasteiger partial charge >= 0.3 is 0 Å². The van der Waals surface area contributed by atoms with Gasteiger partial charge in [-0.15, -0.1) is 0 Å². The number of nitrogens with two attached hydrogens (primary N) is 1. The Hall–Kier alpha value is -1.02. The Bertz CT molecular complexity index is 274. The van der Waals surface area contributed by atoms with Crippen molar-refractivity contribution in [3.8, 4) is 5.75 Å². The fraction of sp³-hybridized carbons (Fsp3) is 0.625. The molecule has 1 aromatic rings. The predicted molar refractivity (Wildman–Crippen MR) is 77.9 cm³/mol. The predicted octanol–water partition coefficient (Wildman–Crippen LogP) is 4.14. The number of ether oxygens (including phenoxy) is 1. The van der Waals surface area contributed by atoms with Crippen molar-refractivity contribution in [3.63, 3.8) is 0 Å². The smallest absolute Gasteiger partial charge is 0.119 e. The second-order valence-electron chi connectivity index (χ2n) is 4.78. The van der Waals surface area contributed by atoms with Crippen LogP contribution in [-0.2, 0) is 0 Å². The van der Waals surface area contributed by atoms with Crippen molar-refractivity contribution in [1.29, 1.82) is 0 Å². The van der Waals surface area contributed by atoms with Crippen LogP contribution in [0.4, 0.5) is 0 Å². The number of benzene rings is 1. The molecule has 1 aromatic carbocycles. The lowest BCUT2D eigenvalue weighted by Gasteiger charge is -2.05. The second kappa shape index (κ2) is 11.1. The molecule has 0 spiro atoms. The van der Waals surface area contributed by atoms with Crippen molar-refractivity contribution in [2.24, 2.45) is 5.73 Å². The molecular weight excluding hydrogens is 222 g/mol. The highest BCUT2D eigenvalue weighted by Gasteiger charge is 1.93. The number of para-hydroxylation sites is 1. The quantitative estimate of drug-likeness (QED) is 0.598. The Morgan fingerprint density at radius 1 is 0.722 bits per heavy atom. The molecule has 0 fully saturated rings. The zero-order valence-electron chi connectivity index (χ0n) is 11.4. The molecule has 18 heavy (non-hydrogen) atoms. The van der Waals surface area contributed by atoms with Gasteiger partial charge in [-0.25, -0.2) is 0 Å². The molecule has 0 aliphatic rings. The molecule has 0 aliphatic heterocycles.